The van der Waals surface area contributed by atoms with Crippen LogP contribution in [0.25, 0.3) is 10.8 Å². The van der Waals surface area contributed by atoms with Crippen molar-refractivity contribution in [3.05, 3.63) is 34.9 Å². The minimum absolute atomic E-state index is 0.267. The third-order valence-electron chi connectivity index (χ3n) is 3.67. The van der Waals surface area contributed by atoms with Gasteiger partial charge in [-0.3, -0.25) is 0 Å². The molecule has 0 spiro atoms. The van der Waals surface area contributed by atoms with Crippen LogP contribution in [-0.2, 0) is 12.8 Å². The van der Waals surface area contributed by atoms with E-state index in [4.69, 9.17) is 0 Å². The van der Waals surface area contributed by atoms with E-state index in [0.29, 0.717) is 5.75 Å². The molecule has 2 nitrogen and oxygen atoms in total. The van der Waals surface area contributed by atoms with Crippen molar-refractivity contribution in [1.82, 2.24) is 0 Å². The van der Waals surface area contributed by atoms with Crippen LogP contribution < -0.4 is 0 Å². The highest BCUT2D eigenvalue weighted by Gasteiger charge is 2.17. The highest BCUT2D eigenvalue weighted by Crippen LogP contribution is 2.39. The SMILES string of the molecule is Cc1cc(O)c2cc3c(c(O)c2c1)CCCC3. The number of phenols is 2. The number of aromatic hydroxyl groups is 2. The van der Waals surface area contributed by atoms with E-state index in [2.05, 4.69) is 0 Å². The molecule has 2 aromatic carbocycles. The van der Waals surface area contributed by atoms with Crippen molar-refractivity contribution in [2.45, 2.75) is 32.6 Å². The summed E-state index contributed by atoms with van der Waals surface area (Å²) < 4.78 is 0. The van der Waals surface area contributed by atoms with Crippen molar-refractivity contribution >= 4 is 10.8 Å². The summed E-state index contributed by atoms with van der Waals surface area (Å²) in [4.78, 5) is 0. The highest BCUT2D eigenvalue weighted by atomic mass is 16.3. The van der Waals surface area contributed by atoms with E-state index in [1.807, 2.05) is 19.1 Å². The van der Waals surface area contributed by atoms with Gasteiger partial charge < -0.3 is 10.2 Å². The first-order valence-electron chi connectivity index (χ1n) is 6.14. The quantitative estimate of drug-likeness (QED) is 0.725. The molecular formula is C15H16O2. The summed E-state index contributed by atoms with van der Waals surface area (Å²) in [6.45, 7) is 1.93. The number of phenolic OH excluding ortho intramolecular Hbond substituents is 2. The molecule has 0 atom stereocenters. The van der Waals surface area contributed by atoms with Crippen LogP contribution in [0.4, 0.5) is 0 Å². The van der Waals surface area contributed by atoms with Gasteiger partial charge in [0.15, 0.2) is 0 Å². The first-order valence-corrected chi connectivity index (χ1v) is 6.14. The summed E-state index contributed by atoms with van der Waals surface area (Å²) >= 11 is 0. The summed E-state index contributed by atoms with van der Waals surface area (Å²) in [6.07, 6.45) is 4.27. The maximum absolute atomic E-state index is 10.3. The van der Waals surface area contributed by atoms with Gasteiger partial charge in [-0.25, -0.2) is 0 Å². The molecule has 2 N–H and O–H groups in total. The van der Waals surface area contributed by atoms with E-state index in [1.54, 1.807) is 6.07 Å². The fraction of sp³-hybridized carbons (Fsp3) is 0.333. The average molecular weight is 228 g/mol. The van der Waals surface area contributed by atoms with Crippen molar-refractivity contribution < 1.29 is 10.2 Å². The van der Waals surface area contributed by atoms with Gasteiger partial charge in [-0.2, -0.15) is 0 Å². The Bertz CT molecular complexity index is 600. The Kier molecular flexibility index (Phi) is 2.25. The Balaban J connectivity index is 2.40. The fourth-order valence-electron chi connectivity index (χ4n) is 2.82. The van der Waals surface area contributed by atoms with E-state index in [-0.39, 0.29) is 5.75 Å². The van der Waals surface area contributed by atoms with Crippen LogP contribution in [0.15, 0.2) is 18.2 Å². The van der Waals surface area contributed by atoms with Gasteiger partial charge in [0.1, 0.15) is 11.5 Å². The molecule has 0 aromatic heterocycles. The number of rotatable bonds is 0. The molecule has 0 bridgehead atoms. The third kappa shape index (κ3) is 1.55. The lowest BCUT2D eigenvalue weighted by Crippen LogP contribution is -2.03. The smallest absolute Gasteiger partial charge is 0.127 e. The van der Waals surface area contributed by atoms with Crippen LogP contribution in [0, 0.1) is 6.92 Å². The normalized spacial score (nSPS) is 14.9. The maximum Gasteiger partial charge on any atom is 0.127 e. The number of fused-ring (bicyclic) bond motifs is 2. The second kappa shape index (κ2) is 3.66. The fourth-order valence-corrected chi connectivity index (χ4v) is 2.82. The highest BCUT2D eigenvalue weighted by molar-refractivity contribution is 5.95. The zero-order valence-electron chi connectivity index (χ0n) is 9.95. The van der Waals surface area contributed by atoms with E-state index >= 15 is 0 Å². The average Bonchev–Trinajstić information content (AvgIpc) is 2.31. The zero-order valence-corrected chi connectivity index (χ0v) is 9.95. The van der Waals surface area contributed by atoms with E-state index in [0.717, 1.165) is 41.2 Å². The molecule has 0 saturated heterocycles. The van der Waals surface area contributed by atoms with Gasteiger partial charge >= 0.3 is 0 Å². The number of hydrogen-bond donors (Lipinski definition) is 2. The minimum atomic E-state index is 0.267. The molecule has 0 heterocycles. The van der Waals surface area contributed by atoms with Crippen molar-refractivity contribution in [1.29, 1.82) is 0 Å². The van der Waals surface area contributed by atoms with Gasteiger partial charge in [0.05, 0.1) is 0 Å². The van der Waals surface area contributed by atoms with Crippen LogP contribution >= 0.6 is 0 Å². The Morgan fingerprint density at radius 3 is 2.53 bits per heavy atom. The van der Waals surface area contributed by atoms with Gasteiger partial charge in [-0.05, 0) is 67.5 Å². The zero-order chi connectivity index (χ0) is 12.0. The van der Waals surface area contributed by atoms with Gasteiger partial charge in [-0.15, -0.1) is 0 Å². The lowest BCUT2D eigenvalue weighted by atomic mass is 9.88. The van der Waals surface area contributed by atoms with Crippen molar-refractivity contribution in [3.8, 4) is 11.5 Å². The predicted octanol–water partition coefficient (Wildman–Crippen LogP) is 3.44. The summed E-state index contributed by atoms with van der Waals surface area (Å²) in [7, 11) is 0. The first-order chi connectivity index (χ1) is 8.16. The predicted molar refractivity (Wildman–Crippen MR) is 68.7 cm³/mol. The van der Waals surface area contributed by atoms with Crippen molar-refractivity contribution in [2.24, 2.45) is 0 Å². The lowest BCUT2D eigenvalue weighted by Gasteiger charge is -2.19. The molecule has 2 aromatic rings. The molecule has 0 aliphatic heterocycles. The largest absolute Gasteiger partial charge is 0.507 e. The monoisotopic (exact) mass is 228 g/mol. The van der Waals surface area contributed by atoms with Gasteiger partial charge in [0, 0.05) is 10.8 Å². The Labute approximate surface area is 101 Å². The minimum Gasteiger partial charge on any atom is -0.507 e. The second-order valence-corrected chi connectivity index (χ2v) is 4.95. The number of hydrogen-bond acceptors (Lipinski definition) is 2. The Hall–Kier alpha value is -1.70. The Morgan fingerprint density at radius 1 is 0.941 bits per heavy atom. The Morgan fingerprint density at radius 2 is 1.71 bits per heavy atom. The van der Waals surface area contributed by atoms with Crippen LogP contribution in [0.2, 0.25) is 0 Å². The van der Waals surface area contributed by atoms with E-state index in [1.165, 1.54) is 12.0 Å². The topological polar surface area (TPSA) is 40.5 Å². The summed E-state index contributed by atoms with van der Waals surface area (Å²) in [6, 6.07) is 5.73. The molecule has 0 unspecified atom stereocenters. The second-order valence-electron chi connectivity index (χ2n) is 4.95. The van der Waals surface area contributed by atoms with Gasteiger partial charge in [0.25, 0.3) is 0 Å². The summed E-state index contributed by atoms with van der Waals surface area (Å²) in [5.74, 6) is 0.639. The first kappa shape index (κ1) is 10.5. The van der Waals surface area contributed by atoms with Crippen molar-refractivity contribution in [3.63, 3.8) is 0 Å². The van der Waals surface area contributed by atoms with Gasteiger partial charge in [-0.1, -0.05) is 0 Å². The van der Waals surface area contributed by atoms with Crippen molar-refractivity contribution in [2.75, 3.05) is 0 Å². The van der Waals surface area contributed by atoms with Gasteiger partial charge in [0.2, 0.25) is 0 Å². The molecule has 17 heavy (non-hydrogen) atoms. The molecular weight excluding hydrogens is 212 g/mol. The molecule has 0 fully saturated rings. The van der Waals surface area contributed by atoms with Crippen LogP contribution in [0.5, 0.6) is 11.5 Å². The molecule has 3 rings (SSSR count). The molecule has 0 amide bonds. The van der Waals surface area contributed by atoms with Crippen LogP contribution in [0.3, 0.4) is 0 Å². The van der Waals surface area contributed by atoms with Crippen LogP contribution in [-0.4, -0.2) is 10.2 Å². The van der Waals surface area contributed by atoms with E-state index < -0.39 is 0 Å². The standard InChI is InChI=1S/C15H16O2/c1-9-6-13-12(14(16)7-9)8-10-4-2-3-5-11(10)15(13)17/h6-8,16-17H,2-5H2,1H3. The number of aryl methyl sites for hydroxylation is 2. The maximum atomic E-state index is 10.3. The molecule has 2 heteroatoms. The molecule has 1 aliphatic carbocycles. The lowest BCUT2D eigenvalue weighted by molar-refractivity contribution is 0.465. The molecule has 0 saturated carbocycles. The number of benzene rings is 2. The third-order valence-corrected chi connectivity index (χ3v) is 3.67. The van der Waals surface area contributed by atoms with E-state index in [9.17, 15) is 10.2 Å². The molecule has 0 radical (unpaired) electrons. The molecule has 88 valence electrons. The summed E-state index contributed by atoms with van der Waals surface area (Å²) in [5, 5.41) is 21.9. The summed E-state index contributed by atoms with van der Waals surface area (Å²) in [5.41, 5.74) is 3.25. The molecule has 1 aliphatic rings. The van der Waals surface area contributed by atoms with Crippen LogP contribution in [0.1, 0.15) is 29.5 Å².